The van der Waals surface area contributed by atoms with E-state index in [1.165, 1.54) is 64.2 Å². The predicted octanol–water partition coefficient (Wildman–Crippen LogP) is 4.61. The van der Waals surface area contributed by atoms with E-state index in [1.807, 2.05) is 30.3 Å². The van der Waals surface area contributed by atoms with Crippen LogP contribution in [0.2, 0.25) is 0 Å². The van der Waals surface area contributed by atoms with Crippen molar-refractivity contribution in [3.05, 3.63) is 35.9 Å². The molecule has 0 aliphatic carbocycles. The van der Waals surface area contributed by atoms with E-state index in [0.717, 1.165) is 24.8 Å². The quantitative estimate of drug-likeness (QED) is 0.204. The van der Waals surface area contributed by atoms with Crippen LogP contribution >= 0.6 is 0 Å². The molecule has 1 aromatic rings. The van der Waals surface area contributed by atoms with Gasteiger partial charge in [-0.25, -0.2) is 0 Å². The topological polar surface area (TPSA) is 108 Å². The Morgan fingerprint density at radius 1 is 0.861 bits per heavy atom. The molecule has 1 fully saturated rings. The molecule has 4 N–H and O–H groups in total. The second kappa shape index (κ2) is 18.7. The molecule has 7 nitrogen and oxygen atoms in total. The number of carbonyl (C=O) groups is 1. The van der Waals surface area contributed by atoms with Gasteiger partial charge in [-0.15, -0.1) is 0 Å². The number of hydrogen-bond acceptors (Lipinski definition) is 6. The fourth-order valence-electron chi connectivity index (χ4n) is 4.69. The van der Waals surface area contributed by atoms with Gasteiger partial charge >= 0.3 is 0 Å². The summed E-state index contributed by atoms with van der Waals surface area (Å²) in [5.74, 6) is -0.200. The van der Waals surface area contributed by atoms with Gasteiger partial charge in [0.25, 0.3) is 0 Å². The highest BCUT2D eigenvalue weighted by molar-refractivity contribution is 5.76. The Hall–Kier alpha value is -1.51. The minimum Gasteiger partial charge on any atom is -0.394 e. The van der Waals surface area contributed by atoms with Gasteiger partial charge < -0.3 is 30.1 Å². The van der Waals surface area contributed by atoms with E-state index in [2.05, 4.69) is 12.2 Å². The van der Waals surface area contributed by atoms with Crippen molar-refractivity contribution in [2.24, 2.45) is 0 Å². The van der Waals surface area contributed by atoms with E-state index in [0.29, 0.717) is 6.42 Å². The number of benzene rings is 1. The number of carbonyl (C=O) groups excluding carboxylic acids is 1. The molecule has 1 aromatic carbocycles. The first-order chi connectivity index (χ1) is 17.6. The molecule has 2 rings (SSSR count). The van der Waals surface area contributed by atoms with Crippen molar-refractivity contribution in [3.8, 4) is 0 Å². The molecule has 1 aliphatic rings. The van der Waals surface area contributed by atoms with Gasteiger partial charge in [-0.1, -0.05) is 114 Å². The fraction of sp³-hybridized carbons (Fsp3) is 0.759. The van der Waals surface area contributed by atoms with E-state index >= 15 is 0 Å². The SMILES string of the molecule is CCCCCCCCCCCCCCCC(=O)N[C@H]1[C@H](OCc2ccccc2)O[C@H](CO)[C@@H](O)[C@@H]1O. The van der Waals surface area contributed by atoms with Crippen molar-refractivity contribution in [2.45, 2.75) is 134 Å². The number of amides is 1. The van der Waals surface area contributed by atoms with Crippen LogP contribution in [0.15, 0.2) is 30.3 Å². The molecule has 1 aliphatic heterocycles. The minimum absolute atomic E-state index is 0.200. The van der Waals surface area contributed by atoms with Crippen LogP contribution in [0.4, 0.5) is 0 Å². The van der Waals surface area contributed by atoms with Gasteiger partial charge in [0.15, 0.2) is 6.29 Å². The molecule has 0 spiro atoms. The smallest absolute Gasteiger partial charge is 0.220 e. The maximum absolute atomic E-state index is 12.6. The Morgan fingerprint density at radius 2 is 1.42 bits per heavy atom. The van der Waals surface area contributed by atoms with Gasteiger partial charge in [0, 0.05) is 6.42 Å². The lowest BCUT2D eigenvalue weighted by Gasteiger charge is -2.42. The van der Waals surface area contributed by atoms with Gasteiger partial charge in [-0.2, -0.15) is 0 Å². The predicted molar refractivity (Wildman–Crippen MR) is 141 cm³/mol. The number of nitrogens with one attached hydrogen (secondary N) is 1. The molecule has 1 amide bonds. The van der Waals surface area contributed by atoms with E-state index in [4.69, 9.17) is 9.47 Å². The zero-order chi connectivity index (χ0) is 26.0. The second-order valence-corrected chi connectivity index (χ2v) is 10.1. The van der Waals surface area contributed by atoms with Crippen LogP contribution in [0.3, 0.4) is 0 Å². The average molecular weight is 508 g/mol. The molecule has 206 valence electrons. The van der Waals surface area contributed by atoms with Crippen molar-refractivity contribution < 1.29 is 29.6 Å². The molecule has 0 saturated carbocycles. The van der Waals surface area contributed by atoms with E-state index in [9.17, 15) is 20.1 Å². The maximum Gasteiger partial charge on any atom is 0.220 e. The lowest BCUT2D eigenvalue weighted by molar-refractivity contribution is -0.273. The third-order valence-corrected chi connectivity index (χ3v) is 6.97. The van der Waals surface area contributed by atoms with Crippen LogP contribution < -0.4 is 5.32 Å². The summed E-state index contributed by atoms with van der Waals surface area (Å²) in [5, 5.41) is 33.2. The van der Waals surface area contributed by atoms with Gasteiger partial charge in [0.1, 0.15) is 24.4 Å². The first-order valence-corrected chi connectivity index (χ1v) is 14.1. The van der Waals surface area contributed by atoms with Crippen molar-refractivity contribution in [2.75, 3.05) is 6.61 Å². The van der Waals surface area contributed by atoms with Crippen LogP contribution in [0.5, 0.6) is 0 Å². The molecule has 0 bridgehead atoms. The van der Waals surface area contributed by atoms with Crippen molar-refractivity contribution in [1.29, 1.82) is 0 Å². The molecule has 0 radical (unpaired) electrons. The number of hydrogen-bond donors (Lipinski definition) is 4. The van der Waals surface area contributed by atoms with Crippen LogP contribution in [0, 0.1) is 0 Å². The lowest BCUT2D eigenvalue weighted by atomic mass is 9.96. The van der Waals surface area contributed by atoms with Gasteiger partial charge in [0.2, 0.25) is 5.91 Å². The lowest BCUT2D eigenvalue weighted by Crippen LogP contribution is -2.64. The summed E-state index contributed by atoms with van der Waals surface area (Å²) in [5.41, 5.74) is 0.916. The highest BCUT2D eigenvalue weighted by Crippen LogP contribution is 2.23. The summed E-state index contributed by atoms with van der Waals surface area (Å²) in [6.45, 7) is 2.01. The summed E-state index contributed by atoms with van der Waals surface area (Å²) in [7, 11) is 0. The second-order valence-electron chi connectivity index (χ2n) is 10.1. The molecular formula is C29H49NO6. The molecule has 0 unspecified atom stereocenters. The van der Waals surface area contributed by atoms with Gasteiger partial charge in [-0.05, 0) is 12.0 Å². The molecular weight excluding hydrogens is 458 g/mol. The summed E-state index contributed by atoms with van der Waals surface area (Å²) in [6.07, 6.45) is 11.9. The van der Waals surface area contributed by atoms with E-state index in [1.54, 1.807) is 0 Å². The first-order valence-electron chi connectivity index (χ1n) is 14.1. The third-order valence-electron chi connectivity index (χ3n) is 6.97. The summed E-state index contributed by atoms with van der Waals surface area (Å²) in [6, 6.07) is 8.58. The van der Waals surface area contributed by atoms with Crippen molar-refractivity contribution in [1.82, 2.24) is 5.32 Å². The Bertz CT molecular complexity index is 688. The zero-order valence-electron chi connectivity index (χ0n) is 22.2. The molecule has 7 heteroatoms. The number of rotatable bonds is 19. The fourth-order valence-corrected chi connectivity index (χ4v) is 4.69. The summed E-state index contributed by atoms with van der Waals surface area (Å²) in [4.78, 5) is 12.6. The number of ether oxygens (including phenoxy) is 2. The number of aliphatic hydroxyl groups is 3. The van der Waals surface area contributed by atoms with E-state index in [-0.39, 0.29) is 12.5 Å². The highest BCUT2D eigenvalue weighted by Gasteiger charge is 2.45. The van der Waals surface area contributed by atoms with Crippen LogP contribution in [-0.4, -0.2) is 58.5 Å². The molecule has 1 heterocycles. The number of aliphatic hydroxyl groups excluding tert-OH is 3. The minimum atomic E-state index is -1.31. The van der Waals surface area contributed by atoms with E-state index < -0.39 is 37.3 Å². The van der Waals surface area contributed by atoms with Crippen LogP contribution in [0.25, 0.3) is 0 Å². The van der Waals surface area contributed by atoms with Crippen molar-refractivity contribution in [3.63, 3.8) is 0 Å². The Balaban J connectivity index is 1.64. The molecule has 36 heavy (non-hydrogen) atoms. The summed E-state index contributed by atoms with van der Waals surface area (Å²) >= 11 is 0. The average Bonchev–Trinajstić information content (AvgIpc) is 2.89. The monoisotopic (exact) mass is 507 g/mol. The highest BCUT2D eigenvalue weighted by atomic mass is 16.7. The molecule has 5 atom stereocenters. The maximum atomic E-state index is 12.6. The Morgan fingerprint density at radius 3 is 1.97 bits per heavy atom. The standard InChI is InChI=1S/C29H49NO6/c1-2-3-4-5-6-7-8-9-10-11-12-13-17-20-25(32)30-26-28(34)27(33)24(21-31)36-29(26)35-22-23-18-15-14-16-19-23/h14-16,18-19,24,26-29,31,33-34H,2-13,17,20-22H2,1H3,(H,30,32)/t24-,26-,27-,28-,29-/m1/s1. The Kier molecular flexibility index (Phi) is 15.9. The normalized spacial score (nSPS) is 24.1. The summed E-state index contributed by atoms with van der Waals surface area (Å²) < 4.78 is 11.5. The van der Waals surface area contributed by atoms with Gasteiger partial charge in [0.05, 0.1) is 13.2 Å². The zero-order valence-corrected chi connectivity index (χ0v) is 22.2. The first kappa shape index (κ1) is 30.7. The number of unbranched alkanes of at least 4 members (excludes halogenated alkanes) is 12. The van der Waals surface area contributed by atoms with Crippen molar-refractivity contribution >= 4 is 5.91 Å². The molecule has 0 aromatic heterocycles. The largest absolute Gasteiger partial charge is 0.394 e. The molecule has 1 saturated heterocycles. The third kappa shape index (κ3) is 11.7. The Labute approximate surface area is 217 Å². The van der Waals surface area contributed by atoms with Gasteiger partial charge in [-0.3, -0.25) is 4.79 Å². The van der Waals surface area contributed by atoms with Crippen LogP contribution in [-0.2, 0) is 20.9 Å². The van der Waals surface area contributed by atoms with Crippen LogP contribution in [0.1, 0.15) is 102 Å².